The summed E-state index contributed by atoms with van der Waals surface area (Å²) in [5.74, 6) is -0.145. The Morgan fingerprint density at radius 1 is 1.15 bits per heavy atom. The summed E-state index contributed by atoms with van der Waals surface area (Å²) in [6.07, 6.45) is 10.1. The van der Waals surface area contributed by atoms with Gasteiger partial charge in [-0.3, -0.25) is 4.79 Å². The number of nitrogens with one attached hydrogen (secondary N) is 2. The van der Waals surface area contributed by atoms with Crippen molar-refractivity contribution in [2.24, 2.45) is 0 Å². The lowest BCUT2D eigenvalue weighted by Crippen LogP contribution is -2.38. The van der Waals surface area contributed by atoms with E-state index in [4.69, 9.17) is 0 Å². The third-order valence-electron chi connectivity index (χ3n) is 5.32. The maximum absolute atomic E-state index is 12.7. The molecular formula is C21H28N2O3S. The van der Waals surface area contributed by atoms with Crippen molar-refractivity contribution in [1.29, 1.82) is 0 Å². The highest BCUT2D eigenvalue weighted by Gasteiger charge is 2.22. The van der Waals surface area contributed by atoms with Gasteiger partial charge in [0.25, 0.3) is 5.91 Å². The van der Waals surface area contributed by atoms with Crippen molar-refractivity contribution in [2.75, 3.05) is 5.32 Å². The molecule has 5 nitrogen and oxygen atoms in total. The molecule has 0 fully saturated rings. The molecule has 1 amide bonds. The van der Waals surface area contributed by atoms with E-state index in [9.17, 15) is 13.2 Å². The SMILES string of the molecule is Cc1ccc(NC(=O)C2=CCC(NS(=O)(=O)C(C)C)C=C2)c2c1CCCC2. The summed E-state index contributed by atoms with van der Waals surface area (Å²) in [5.41, 5.74) is 5.39. The number of fused-ring (bicyclic) bond motifs is 1. The van der Waals surface area contributed by atoms with E-state index in [0.29, 0.717) is 12.0 Å². The molecular weight excluding hydrogens is 360 g/mol. The molecule has 27 heavy (non-hydrogen) atoms. The molecule has 2 N–H and O–H groups in total. The highest BCUT2D eigenvalue weighted by molar-refractivity contribution is 7.90. The molecule has 1 atom stereocenters. The number of hydrogen-bond acceptors (Lipinski definition) is 3. The van der Waals surface area contributed by atoms with Gasteiger partial charge in [-0.25, -0.2) is 13.1 Å². The summed E-state index contributed by atoms with van der Waals surface area (Å²) >= 11 is 0. The Bertz CT molecular complexity index is 898. The van der Waals surface area contributed by atoms with Crippen molar-refractivity contribution in [1.82, 2.24) is 4.72 Å². The van der Waals surface area contributed by atoms with E-state index in [1.54, 1.807) is 32.1 Å². The van der Waals surface area contributed by atoms with Crippen LogP contribution in [-0.4, -0.2) is 25.6 Å². The van der Waals surface area contributed by atoms with E-state index in [1.807, 2.05) is 6.07 Å². The zero-order valence-corrected chi connectivity index (χ0v) is 17.0. The molecule has 1 unspecified atom stereocenters. The van der Waals surface area contributed by atoms with Gasteiger partial charge in [-0.05, 0) is 75.6 Å². The van der Waals surface area contributed by atoms with Gasteiger partial charge < -0.3 is 5.32 Å². The number of anilines is 1. The van der Waals surface area contributed by atoms with E-state index in [0.717, 1.165) is 24.9 Å². The second kappa shape index (κ2) is 7.98. The molecule has 0 heterocycles. The van der Waals surface area contributed by atoms with Crippen molar-refractivity contribution in [3.05, 3.63) is 52.6 Å². The number of rotatable bonds is 5. The zero-order valence-electron chi connectivity index (χ0n) is 16.2. The average molecular weight is 389 g/mol. The van der Waals surface area contributed by atoms with Crippen LogP contribution in [0.4, 0.5) is 5.69 Å². The number of hydrogen-bond donors (Lipinski definition) is 2. The number of benzene rings is 1. The quantitative estimate of drug-likeness (QED) is 0.812. The third kappa shape index (κ3) is 4.50. The van der Waals surface area contributed by atoms with Gasteiger partial charge in [-0.15, -0.1) is 0 Å². The first-order valence-corrected chi connectivity index (χ1v) is 11.1. The molecule has 0 saturated carbocycles. The summed E-state index contributed by atoms with van der Waals surface area (Å²) < 4.78 is 26.6. The van der Waals surface area contributed by atoms with Gasteiger partial charge in [-0.2, -0.15) is 0 Å². The second-order valence-corrected chi connectivity index (χ2v) is 9.89. The fraction of sp³-hybridized carbons (Fsp3) is 0.476. The molecule has 0 saturated heterocycles. The molecule has 3 rings (SSSR count). The minimum absolute atomic E-state index is 0.145. The second-order valence-electron chi connectivity index (χ2n) is 7.62. The number of aryl methyl sites for hydroxylation is 1. The Morgan fingerprint density at radius 3 is 2.48 bits per heavy atom. The molecule has 1 aromatic carbocycles. The van der Waals surface area contributed by atoms with Gasteiger partial charge in [0.2, 0.25) is 10.0 Å². The van der Waals surface area contributed by atoms with E-state index in [1.165, 1.54) is 23.1 Å². The highest BCUT2D eigenvalue weighted by atomic mass is 32.2. The smallest absolute Gasteiger partial charge is 0.255 e. The van der Waals surface area contributed by atoms with E-state index in [-0.39, 0.29) is 11.9 Å². The standard InChI is InChI=1S/C21H28N2O3S/c1-14(2)27(25,26)23-17-11-9-16(10-12-17)21(24)22-20-13-8-15(3)18-6-4-5-7-19(18)20/h8-11,13-14,17,23H,4-7,12H2,1-3H3,(H,22,24). The van der Waals surface area contributed by atoms with Crippen LogP contribution in [0.1, 0.15) is 49.8 Å². The van der Waals surface area contributed by atoms with E-state index < -0.39 is 15.3 Å². The molecule has 146 valence electrons. The predicted molar refractivity (Wildman–Crippen MR) is 109 cm³/mol. The molecule has 1 aromatic rings. The Hall–Kier alpha value is -1.92. The van der Waals surface area contributed by atoms with Gasteiger partial charge >= 0.3 is 0 Å². The van der Waals surface area contributed by atoms with Crippen molar-refractivity contribution >= 4 is 21.6 Å². The Balaban J connectivity index is 1.68. The maximum Gasteiger partial charge on any atom is 0.255 e. The summed E-state index contributed by atoms with van der Waals surface area (Å²) in [6, 6.07) is 3.76. The molecule has 2 aliphatic rings. The lowest BCUT2D eigenvalue weighted by Gasteiger charge is -2.22. The molecule has 0 spiro atoms. The van der Waals surface area contributed by atoms with Crippen LogP contribution in [-0.2, 0) is 27.7 Å². The minimum Gasteiger partial charge on any atom is -0.322 e. The first-order chi connectivity index (χ1) is 12.8. The van der Waals surface area contributed by atoms with Gasteiger partial charge in [0.15, 0.2) is 0 Å². The van der Waals surface area contributed by atoms with Crippen LogP contribution in [0.5, 0.6) is 0 Å². The summed E-state index contributed by atoms with van der Waals surface area (Å²) in [5, 5.41) is 2.57. The van der Waals surface area contributed by atoms with Crippen molar-refractivity contribution in [3.8, 4) is 0 Å². The van der Waals surface area contributed by atoms with Crippen LogP contribution in [0.3, 0.4) is 0 Å². The van der Waals surface area contributed by atoms with Crippen LogP contribution in [0.2, 0.25) is 0 Å². The van der Waals surface area contributed by atoms with Crippen LogP contribution >= 0.6 is 0 Å². The predicted octanol–water partition coefficient (Wildman–Crippen LogP) is 3.40. The third-order valence-corrected chi connectivity index (χ3v) is 7.19. The van der Waals surface area contributed by atoms with Gasteiger partial charge in [-0.1, -0.05) is 24.3 Å². The first-order valence-electron chi connectivity index (χ1n) is 9.60. The van der Waals surface area contributed by atoms with Gasteiger partial charge in [0.1, 0.15) is 0 Å². The summed E-state index contributed by atoms with van der Waals surface area (Å²) in [4.78, 5) is 12.7. The fourth-order valence-electron chi connectivity index (χ4n) is 3.58. The topological polar surface area (TPSA) is 75.3 Å². The van der Waals surface area contributed by atoms with Crippen LogP contribution in [0.15, 0.2) is 35.9 Å². The number of carbonyl (C=O) groups excluding carboxylic acids is 1. The van der Waals surface area contributed by atoms with E-state index >= 15 is 0 Å². The number of sulfonamides is 1. The average Bonchev–Trinajstić information content (AvgIpc) is 2.64. The Labute approximate surface area is 162 Å². The highest BCUT2D eigenvalue weighted by Crippen LogP contribution is 2.31. The summed E-state index contributed by atoms with van der Waals surface area (Å²) in [6.45, 7) is 5.41. The van der Waals surface area contributed by atoms with Crippen molar-refractivity contribution in [3.63, 3.8) is 0 Å². The molecule has 0 aliphatic heterocycles. The van der Waals surface area contributed by atoms with Gasteiger partial charge in [0, 0.05) is 17.3 Å². The minimum atomic E-state index is -3.33. The van der Waals surface area contributed by atoms with Crippen LogP contribution < -0.4 is 10.0 Å². The fourth-order valence-corrected chi connectivity index (χ4v) is 4.45. The summed E-state index contributed by atoms with van der Waals surface area (Å²) in [7, 11) is -3.33. The maximum atomic E-state index is 12.7. The molecule has 0 aromatic heterocycles. The van der Waals surface area contributed by atoms with Crippen molar-refractivity contribution in [2.45, 2.75) is 64.2 Å². The molecule has 2 aliphatic carbocycles. The number of amides is 1. The first kappa shape index (κ1) is 19.8. The largest absolute Gasteiger partial charge is 0.322 e. The normalized spacial score (nSPS) is 19.6. The van der Waals surface area contributed by atoms with Crippen LogP contribution in [0.25, 0.3) is 0 Å². The number of carbonyl (C=O) groups is 1. The molecule has 0 radical (unpaired) electrons. The van der Waals surface area contributed by atoms with Crippen molar-refractivity contribution < 1.29 is 13.2 Å². The monoisotopic (exact) mass is 388 g/mol. The molecule has 6 heteroatoms. The molecule has 0 bridgehead atoms. The lowest BCUT2D eigenvalue weighted by molar-refractivity contribution is -0.112. The Morgan fingerprint density at radius 2 is 1.85 bits per heavy atom. The van der Waals surface area contributed by atoms with E-state index in [2.05, 4.69) is 23.0 Å². The zero-order chi connectivity index (χ0) is 19.6. The lowest BCUT2D eigenvalue weighted by atomic mass is 9.87. The van der Waals surface area contributed by atoms with Gasteiger partial charge in [0.05, 0.1) is 5.25 Å². The van der Waals surface area contributed by atoms with Crippen LogP contribution in [0, 0.1) is 6.92 Å². The Kier molecular flexibility index (Phi) is 5.86.